The predicted octanol–water partition coefficient (Wildman–Crippen LogP) is 2.29. The van der Waals surface area contributed by atoms with Gasteiger partial charge in [0.1, 0.15) is 12.0 Å². The van der Waals surface area contributed by atoms with E-state index in [1.54, 1.807) is 6.07 Å². The minimum absolute atomic E-state index is 0.244. The standard InChI is InChI=1S/C16H24N2O3/c19-16(20)14-9-15(21-12-14)11-18-7-3-13(4-8-18)10-17-5-1-2-6-17/h9,12-13H,1-8,10-11H2,(H,19,20). The summed E-state index contributed by atoms with van der Waals surface area (Å²) in [5.41, 5.74) is 0.244. The van der Waals surface area contributed by atoms with Gasteiger partial charge in [-0.2, -0.15) is 0 Å². The number of aromatic carboxylic acids is 1. The van der Waals surface area contributed by atoms with Gasteiger partial charge in [0.2, 0.25) is 0 Å². The van der Waals surface area contributed by atoms with Gasteiger partial charge in [-0.05, 0) is 63.8 Å². The summed E-state index contributed by atoms with van der Waals surface area (Å²) in [4.78, 5) is 15.8. The molecule has 5 nitrogen and oxygen atoms in total. The van der Waals surface area contributed by atoms with Crippen LogP contribution in [0.2, 0.25) is 0 Å². The maximum Gasteiger partial charge on any atom is 0.338 e. The van der Waals surface area contributed by atoms with E-state index in [1.165, 1.54) is 51.6 Å². The molecule has 0 atom stereocenters. The van der Waals surface area contributed by atoms with Crippen molar-refractivity contribution in [2.75, 3.05) is 32.7 Å². The highest BCUT2D eigenvalue weighted by molar-refractivity contribution is 5.87. The van der Waals surface area contributed by atoms with Gasteiger partial charge < -0.3 is 14.4 Å². The monoisotopic (exact) mass is 292 g/mol. The summed E-state index contributed by atoms with van der Waals surface area (Å²) in [6.07, 6.45) is 6.54. The van der Waals surface area contributed by atoms with Crippen molar-refractivity contribution >= 4 is 5.97 Å². The van der Waals surface area contributed by atoms with Crippen molar-refractivity contribution in [3.8, 4) is 0 Å². The van der Waals surface area contributed by atoms with Crippen LogP contribution < -0.4 is 0 Å². The Labute approximate surface area is 125 Å². The fourth-order valence-corrected chi connectivity index (χ4v) is 3.45. The molecule has 1 aromatic heterocycles. The normalized spacial score (nSPS) is 21.9. The summed E-state index contributed by atoms with van der Waals surface area (Å²) in [5.74, 6) is 0.658. The van der Waals surface area contributed by atoms with E-state index in [-0.39, 0.29) is 5.56 Å². The van der Waals surface area contributed by atoms with Crippen LogP contribution in [0.3, 0.4) is 0 Å². The topological polar surface area (TPSA) is 56.9 Å². The predicted molar refractivity (Wildman–Crippen MR) is 79.3 cm³/mol. The van der Waals surface area contributed by atoms with Gasteiger partial charge in [-0.3, -0.25) is 4.90 Å². The number of likely N-dealkylation sites (tertiary alicyclic amines) is 2. The van der Waals surface area contributed by atoms with Gasteiger partial charge in [-0.25, -0.2) is 4.79 Å². The molecule has 2 fully saturated rings. The Hall–Kier alpha value is -1.33. The molecule has 0 aromatic carbocycles. The van der Waals surface area contributed by atoms with Crippen molar-refractivity contribution in [3.05, 3.63) is 23.7 Å². The van der Waals surface area contributed by atoms with Crippen molar-refractivity contribution < 1.29 is 14.3 Å². The quantitative estimate of drug-likeness (QED) is 0.902. The first-order valence-electron chi connectivity index (χ1n) is 7.96. The number of carboxylic acids is 1. The third kappa shape index (κ3) is 3.86. The van der Waals surface area contributed by atoms with E-state index in [1.807, 2.05) is 0 Å². The second kappa shape index (κ2) is 6.62. The lowest BCUT2D eigenvalue weighted by Crippen LogP contribution is -2.37. The highest BCUT2D eigenvalue weighted by atomic mass is 16.4. The van der Waals surface area contributed by atoms with Crippen LogP contribution in [0.1, 0.15) is 41.8 Å². The molecule has 0 aliphatic carbocycles. The first-order chi connectivity index (χ1) is 10.2. The Kier molecular flexibility index (Phi) is 4.60. The maximum atomic E-state index is 10.8. The van der Waals surface area contributed by atoms with E-state index in [4.69, 9.17) is 9.52 Å². The van der Waals surface area contributed by atoms with Gasteiger partial charge in [0.15, 0.2) is 0 Å². The van der Waals surface area contributed by atoms with Gasteiger partial charge in [-0.15, -0.1) is 0 Å². The number of hydrogen-bond acceptors (Lipinski definition) is 4. The number of piperidine rings is 1. The number of hydrogen-bond donors (Lipinski definition) is 1. The van der Waals surface area contributed by atoms with Crippen molar-refractivity contribution in [2.45, 2.75) is 32.2 Å². The highest BCUT2D eigenvalue weighted by Gasteiger charge is 2.23. The van der Waals surface area contributed by atoms with Gasteiger partial charge in [0.05, 0.1) is 12.1 Å². The number of carbonyl (C=O) groups is 1. The molecule has 0 spiro atoms. The number of carboxylic acid groups (broad SMARTS) is 1. The summed E-state index contributed by atoms with van der Waals surface area (Å²) < 4.78 is 5.33. The van der Waals surface area contributed by atoms with Crippen LogP contribution in [0.4, 0.5) is 0 Å². The lowest BCUT2D eigenvalue weighted by atomic mass is 9.96. The fraction of sp³-hybridized carbons (Fsp3) is 0.688. The molecule has 116 valence electrons. The van der Waals surface area contributed by atoms with Gasteiger partial charge in [-0.1, -0.05) is 0 Å². The fourth-order valence-electron chi connectivity index (χ4n) is 3.45. The Morgan fingerprint density at radius 1 is 1.19 bits per heavy atom. The zero-order valence-corrected chi connectivity index (χ0v) is 12.5. The number of rotatable bonds is 5. The zero-order chi connectivity index (χ0) is 14.7. The van der Waals surface area contributed by atoms with Crippen molar-refractivity contribution in [2.24, 2.45) is 5.92 Å². The van der Waals surface area contributed by atoms with E-state index in [0.29, 0.717) is 0 Å². The number of furan rings is 1. The average Bonchev–Trinajstić information content (AvgIpc) is 3.12. The highest BCUT2D eigenvalue weighted by Crippen LogP contribution is 2.22. The molecule has 1 aromatic rings. The molecule has 3 heterocycles. The van der Waals surface area contributed by atoms with Gasteiger partial charge in [0.25, 0.3) is 0 Å². The average molecular weight is 292 g/mol. The minimum atomic E-state index is -0.922. The van der Waals surface area contributed by atoms with Crippen molar-refractivity contribution in [1.82, 2.24) is 9.80 Å². The van der Waals surface area contributed by atoms with E-state index >= 15 is 0 Å². The third-order valence-electron chi connectivity index (χ3n) is 4.70. The molecule has 0 saturated carbocycles. The molecule has 2 saturated heterocycles. The second-order valence-corrected chi connectivity index (χ2v) is 6.33. The summed E-state index contributed by atoms with van der Waals surface area (Å²) in [5, 5.41) is 8.90. The molecule has 0 radical (unpaired) electrons. The smallest absolute Gasteiger partial charge is 0.338 e. The van der Waals surface area contributed by atoms with Crippen LogP contribution in [-0.4, -0.2) is 53.6 Å². The Morgan fingerprint density at radius 3 is 2.52 bits per heavy atom. The molecule has 2 aliphatic heterocycles. The lowest BCUT2D eigenvalue weighted by molar-refractivity contribution is 0.0696. The molecule has 0 bridgehead atoms. The van der Waals surface area contributed by atoms with Gasteiger partial charge >= 0.3 is 5.97 Å². The Balaban J connectivity index is 1.43. The summed E-state index contributed by atoms with van der Waals surface area (Å²) in [6.45, 7) is 6.72. The van der Waals surface area contributed by atoms with Crippen LogP contribution in [0.15, 0.2) is 16.7 Å². The summed E-state index contributed by atoms with van der Waals surface area (Å²) in [7, 11) is 0. The Bertz CT molecular complexity index is 472. The van der Waals surface area contributed by atoms with Crippen LogP contribution in [-0.2, 0) is 6.54 Å². The Morgan fingerprint density at radius 2 is 1.90 bits per heavy atom. The van der Waals surface area contributed by atoms with E-state index in [9.17, 15) is 4.79 Å². The van der Waals surface area contributed by atoms with Crippen molar-refractivity contribution in [1.29, 1.82) is 0 Å². The molecule has 1 N–H and O–H groups in total. The van der Waals surface area contributed by atoms with E-state index < -0.39 is 5.97 Å². The molecule has 5 heteroatoms. The second-order valence-electron chi connectivity index (χ2n) is 6.33. The van der Waals surface area contributed by atoms with E-state index in [2.05, 4.69) is 9.80 Å². The van der Waals surface area contributed by atoms with E-state index in [0.717, 1.165) is 31.3 Å². The molecule has 2 aliphatic rings. The van der Waals surface area contributed by atoms with Crippen LogP contribution in [0.25, 0.3) is 0 Å². The van der Waals surface area contributed by atoms with Crippen LogP contribution in [0.5, 0.6) is 0 Å². The first kappa shape index (κ1) is 14.6. The SMILES string of the molecule is O=C(O)c1coc(CN2CCC(CN3CCCC3)CC2)c1. The third-order valence-corrected chi connectivity index (χ3v) is 4.70. The zero-order valence-electron chi connectivity index (χ0n) is 12.5. The lowest BCUT2D eigenvalue weighted by Gasteiger charge is -2.33. The maximum absolute atomic E-state index is 10.8. The molecule has 3 rings (SSSR count). The summed E-state index contributed by atoms with van der Waals surface area (Å²) in [6, 6.07) is 1.64. The molecule has 0 amide bonds. The van der Waals surface area contributed by atoms with Crippen molar-refractivity contribution in [3.63, 3.8) is 0 Å². The largest absolute Gasteiger partial charge is 0.478 e. The van der Waals surface area contributed by atoms with Crippen LogP contribution in [0, 0.1) is 5.92 Å². The first-order valence-corrected chi connectivity index (χ1v) is 7.96. The molecule has 0 unspecified atom stereocenters. The number of nitrogens with zero attached hydrogens (tertiary/aromatic N) is 2. The summed E-state index contributed by atoms with van der Waals surface area (Å²) >= 11 is 0. The van der Waals surface area contributed by atoms with Gasteiger partial charge in [0, 0.05) is 6.54 Å². The molecule has 21 heavy (non-hydrogen) atoms. The van der Waals surface area contributed by atoms with Crippen LogP contribution >= 0.6 is 0 Å². The molecular formula is C16H24N2O3. The minimum Gasteiger partial charge on any atom is -0.478 e. The molecular weight excluding hydrogens is 268 g/mol.